The molecule has 0 aliphatic rings. The Balaban J connectivity index is 2.37. The standard InChI is InChI=1S/C13H11FINOS/c1-18-13-5-3-2-4-11(13)17-12-6-8(14)9(15)7-10(12)16/h2-7H,16H2,1H3. The highest BCUT2D eigenvalue weighted by molar-refractivity contribution is 14.1. The summed E-state index contributed by atoms with van der Waals surface area (Å²) in [7, 11) is 0. The second-order valence-electron chi connectivity index (χ2n) is 3.56. The lowest BCUT2D eigenvalue weighted by atomic mass is 10.3. The van der Waals surface area contributed by atoms with Gasteiger partial charge >= 0.3 is 0 Å². The van der Waals surface area contributed by atoms with E-state index in [9.17, 15) is 4.39 Å². The van der Waals surface area contributed by atoms with Crippen LogP contribution in [0.15, 0.2) is 41.3 Å². The van der Waals surface area contributed by atoms with Crippen LogP contribution in [0.1, 0.15) is 0 Å². The third-order valence-electron chi connectivity index (χ3n) is 2.34. The van der Waals surface area contributed by atoms with Crippen molar-refractivity contribution in [3.8, 4) is 11.5 Å². The summed E-state index contributed by atoms with van der Waals surface area (Å²) in [6.07, 6.45) is 1.96. The fourth-order valence-corrected chi connectivity index (χ4v) is 2.47. The highest BCUT2D eigenvalue weighted by Gasteiger charge is 2.10. The van der Waals surface area contributed by atoms with Gasteiger partial charge in [-0.15, -0.1) is 11.8 Å². The first kappa shape index (κ1) is 13.5. The number of hydrogen-bond acceptors (Lipinski definition) is 3. The Labute approximate surface area is 123 Å². The summed E-state index contributed by atoms with van der Waals surface area (Å²) in [5.41, 5.74) is 6.25. The first-order valence-electron chi connectivity index (χ1n) is 5.17. The number of para-hydroxylation sites is 1. The fourth-order valence-electron chi connectivity index (χ4n) is 1.45. The summed E-state index contributed by atoms with van der Waals surface area (Å²) in [5, 5.41) is 0. The smallest absolute Gasteiger partial charge is 0.153 e. The molecule has 0 radical (unpaired) electrons. The number of benzene rings is 2. The van der Waals surface area contributed by atoms with Crippen LogP contribution in [0.3, 0.4) is 0 Å². The van der Waals surface area contributed by atoms with Gasteiger partial charge in [-0.05, 0) is 47.0 Å². The Morgan fingerprint density at radius 2 is 1.94 bits per heavy atom. The molecule has 0 aliphatic carbocycles. The molecule has 0 aliphatic heterocycles. The van der Waals surface area contributed by atoms with Crippen LogP contribution in [0.25, 0.3) is 0 Å². The van der Waals surface area contributed by atoms with Crippen LogP contribution in [-0.4, -0.2) is 6.26 Å². The number of thioether (sulfide) groups is 1. The molecule has 0 heterocycles. The van der Waals surface area contributed by atoms with E-state index in [1.54, 1.807) is 17.8 Å². The summed E-state index contributed by atoms with van der Waals surface area (Å²) >= 11 is 3.46. The molecule has 0 unspecified atom stereocenters. The van der Waals surface area contributed by atoms with Crippen LogP contribution in [0.2, 0.25) is 0 Å². The third kappa shape index (κ3) is 2.89. The molecule has 94 valence electrons. The summed E-state index contributed by atoms with van der Waals surface area (Å²) < 4.78 is 19.7. The summed E-state index contributed by atoms with van der Waals surface area (Å²) in [6, 6.07) is 10.5. The van der Waals surface area contributed by atoms with Gasteiger partial charge in [0.25, 0.3) is 0 Å². The molecule has 2 nitrogen and oxygen atoms in total. The number of nitrogen functional groups attached to an aromatic ring is 1. The molecule has 2 aromatic rings. The van der Waals surface area contributed by atoms with Crippen molar-refractivity contribution in [2.24, 2.45) is 0 Å². The number of hydrogen-bond donors (Lipinski definition) is 1. The van der Waals surface area contributed by atoms with Crippen molar-refractivity contribution in [1.29, 1.82) is 0 Å². The van der Waals surface area contributed by atoms with E-state index >= 15 is 0 Å². The number of rotatable bonds is 3. The number of ether oxygens (including phenoxy) is 1. The number of halogens is 2. The van der Waals surface area contributed by atoms with Crippen LogP contribution in [0.5, 0.6) is 11.5 Å². The van der Waals surface area contributed by atoms with Gasteiger partial charge in [-0.25, -0.2) is 4.39 Å². The maximum atomic E-state index is 13.5. The van der Waals surface area contributed by atoms with E-state index in [0.29, 0.717) is 20.8 Å². The molecule has 18 heavy (non-hydrogen) atoms. The topological polar surface area (TPSA) is 35.2 Å². The van der Waals surface area contributed by atoms with E-state index < -0.39 is 0 Å². The van der Waals surface area contributed by atoms with Crippen molar-refractivity contribution < 1.29 is 9.13 Å². The third-order valence-corrected chi connectivity index (χ3v) is 3.95. The van der Waals surface area contributed by atoms with E-state index in [-0.39, 0.29) is 5.82 Å². The van der Waals surface area contributed by atoms with E-state index in [2.05, 4.69) is 0 Å². The minimum Gasteiger partial charge on any atom is -0.454 e. The Bertz CT molecular complexity index is 577. The molecule has 0 atom stereocenters. The van der Waals surface area contributed by atoms with Gasteiger partial charge in [-0.2, -0.15) is 0 Å². The van der Waals surface area contributed by atoms with Crippen molar-refractivity contribution in [3.63, 3.8) is 0 Å². The quantitative estimate of drug-likeness (QED) is 0.487. The van der Waals surface area contributed by atoms with Crippen molar-refractivity contribution in [2.45, 2.75) is 4.90 Å². The zero-order chi connectivity index (χ0) is 13.1. The van der Waals surface area contributed by atoms with Crippen LogP contribution in [0, 0.1) is 9.39 Å². The predicted molar refractivity (Wildman–Crippen MR) is 81.8 cm³/mol. The second kappa shape index (κ2) is 5.79. The van der Waals surface area contributed by atoms with E-state index in [1.807, 2.05) is 53.1 Å². The Kier molecular flexibility index (Phi) is 4.34. The molecule has 2 aromatic carbocycles. The van der Waals surface area contributed by atoms with Crippen LogP contribution in [0.4, 0.5) is 10.1 Å². The lowest BCUT2D eigenvalue weighted by Gasteiger charge is -2.12. The summed E-state index contributed by atoms with van der Waals surface area (Å²) in [5.74, 6) is 0.688. The molecule has 0 bridgehead atoms. The predicted octanol–water partition coefficient (Wildman–Crippen LogP) is 4.53. The van der Waals surface area contributed by atoms with Gasteiger partial charge in [0.15, 0.2) is 5.75 Å². The first-order chi connectivity index (χ1) is 8.61. The maximum absolute atomic E-state index is 13.5. The van der Waals surface area contributed by atoms with Crippen molar-refractivity contribution in [1.82, 2.24) is 0 Å². The second-order valence-corrected chi connectivity index (χ2v) is 5.57. The van der Waals surface area contributed by atoms with E-state index in [4.69, 9.17) is 10.5 Å². The largest absolute Gasteiger partial charge is 0.454 e. The molecule has 0 saturated carbocycles. The fraction of sp³-hybridized carbons (Fsp3) is 0.0769. The average molecular weight is 375 g/mol. The van der Waals surface area contributed by atoms with Gasteiger partial charge in [-0.1, -0.05) is 12.1 Å². The summed E-state index contributed by atoms with van der Waals surface area (Å²) in [6.45, 7) is 0. The molecule has 0 amide bonds. The van der Waals surface area contributed by atoms with Crippen molar-refractivity contribution in [2.75, 3.05) is 12.0 Å². The molecular formula is C13H11FINOS. The van der Waals surface area contributed by atoms with Crippen molar-refractivity contribution in [3.05, 3.63) is 45.8 Å². The Morgan fingerprint density at radius 1 is 1.22 bits per heavy atom. The van der Waals surface area contributed by atoms with Crippen LogP contribution in [-0.2, 0) is 0 Å². The highest BCUT2D eigenvalue weighted by Crippen LogP contribution is 2.35. The van der Waals surface area contributed by atoms with Gasteiger partial charge < -0.3 is 10.5 Å². The monoisotopic (exact) mass is 375 g/mol. The van der Waals surface area contributed by atoms with E-state index in [1.165, 1.54) is 6.07 Å². The molecule has 5 heteroatoms. The maximum Gasteiger partial charge on any atom is 0.153 e. The lowest BCUT2D eigenvalue weighted by molar-refractivity contribution is 0.468. The molecule has 0 fully saturated rings. The molecule has 2 rings (SSSR count). The zero-order valence-corrected chi connectivity index (χ0v) is 12.6. The first-order valence-corrected chi connectivity index (χ1v) is 7.47. The Morgan fingerprint density at radius 3 is 2.67 bits per heavy atom. The van der Waals surface area contributed by atoms with E-state index in [0.717, 1.165) is 4.90 Å². The number of anilines is 1. The van der Waals surface area contributed by atoms with Crippen molar-refractivity contribution >= 4 is 40.0 Å². The molecular weight excluding hydrogens is 364 g/mol. The lowest BCUT2D eigenvalue weighted by Crippen LogP contribution is -1.95. The summed E-state index contributed by atoms with van der Waals surface area (Å²) in [4.78, 5) is 0.982. The minimum absolute atomic E-state index is 0.332. The molecule has 0 saturated heterocycles. The van der Waals surface area contributed by atoms with Crippen LogP contribution < -0.4 is 10.5 Å². The Hall–Kier alpha value is -0.950. The zero-order valence-electron chi connectivity index (χ0n) is 9.61. The SMILES string of the molecule is CSc1ccccc1Oc1cc(F)c(I)cc1N. The van der Waals surface area contributed by atoms with Crippen LogP contribution >= 0.6 is 34.4 Å². The van der Waals surface area contributed by atoms with Gasteiger partial charge in [0.1, 0.15) is 11.6 Å². The molecule has 0 spiro atoms. The van der Waals surface area contributed by atoms with Gasteiger partial charge in [0.2, 0.25) is 0 Å². The van der Waals surface area contributed by atoms with Gasteiger partial charge in [0.05, 0.1) is 9.26 Å². The number of nitrogens with two attached hydrogens (primary N) is 1. The minimum atomic E-state index is -0.332. The van der Waals surface area contributed by atoms with Gasteiger partial charge in [-0.3, -0.25) is 0 Å². The molecule has 2 N–H and O–H groups in total. The van der Waals surface area contributed by atoms with Gasteiger partial charge in [0, 0.05) is 11.0 Å². The normalized spacial score (nSPS) is 10.4. The highest BCUT2D eigenvalue weighted by atomic mass is 127. The molecule has 0 aromatic heterocycles. The average Bonchev–Trinajstić information content (AvgIpc) is 2.36.